The van der Waals surface area contributed by atoms with Crippen LogP contribution in [-0.4, -0.2) is 37.2 Å². The van der Waals surface area contributed by atoms with Gasteiger partial charge in [-0.15, -0.1) is 11.3 Å². The molecule has 0 atom stereocenters. The van der Waals surface area contributed by atoms with E-state index in [1.54, 1.807) is 31.8 Å². The van der Waals surface area contributed by atoms with E-state index in [1.165, 1.54) is 6.07 Å². The van der Waals surface area contributed by atoms with Crippen LogP contribution >= 0.6 is 11.3 Å². The number of hydrogen-bond acceptors (Lipinski definition) is 6. The molecule has 6 aromatic heterocycles. The highest BCUT2D eigenvalue weighted by Gasteiger charge is 2.16. The fraction of sp³-hybridized carbons (Fsp3) is 0.0435. The lowest BCUT2D eigenvalue weighted by Gasteiger charge is -2.04. The second-order valence-corrected chi connectivity index (χ2v) is 8.22. The summed E-state index contributed by atoms with van der Waals surface area (Å²) in [7, 11) is 1.61. The van der Waals surface area contributed by atoms with Crippen molar-refractivity contribution in [2.24, 2.45) is 0 Å². The third kappa shape index (κ3) is 3.02. The molecule has 0 aliphatic carbocycles. The summed E-state index contributed by atoms with van der Waals surface area (Å²) in [5.41, 5.74) is 6.22. The van der Waals surface area contributed by atoms with Crippen molar-refractivity contribution in [3.05, 3.63) is 66.2 Å². The van der Waals surface area contributed by atoms with E-state index in [0.29, 0.717) is 17.1 Å². The van der Waals surface area contributed by atoms with Gasteiger partial charge in [-0.25, -0.2) is 9.97 Å². The minimum Gasteiger partial charge on any atom is -0.495 e. The highest BCUT2D eigenvalue weighted by Crippen LogP contribution is 2.35. The Morgan fingerprint density at radius 2 is 2.00 bits per heavy atom. The van der Waals surface area contributed by atoms with E-state index in [4.69, 9.17) is 9.72 Å². The first-order chi connectivity index (χ1) is 15.7. The molecule has 0 aliphatic rings. The summed E-state index contributed by atoms with van der Waals surface area (Å²) >= 11 is 1.11. The monoisotopic (exact) mass is 442 g/mol. The molecule has 156 valence electrons. The summed E-state index contributed by atoms with van der Waals surface area (Å²) in [5.74, 6) is 0.663. The molecule has 0 aromatic carbocycles. The summed E-state index contributed by atoms with van der Waals surface area (Å²) in [6.45, 7) is 0. The number of H-pyrrole nitrogens is 2. The molecule has 7 nitrogen and oxygen atoms in total. The molecule has 0 saturated heterocycles. The predicted molar refractivity (Wildman–Crippen MR) is 122 cm³/mol. The number of nitrogens with one attached hydrogen (secondary N) is 2. The molecule has 0 bridgehead atoms. The molecule has 0 amide bonds. The summed E-state index contributed by atoms with van der Waals surface area (Å²) < 4.78 is 18.9. The number of fused-ring (bicyclic) bond motifs is 2. The van der Waals surface area contributed by atoms with Crippen LogP contribution in [0, 0.1) is 5.13 Å². The quantitative estimate of drug-likeness (QED) is 0.379. The number of aromatic nitrogens is 6. The lowest BCUT2D eigenvalue weighted by atomic mass is 10.1. The highest BCUT2D eigenvalue weighted by atomic mass is 32.1. The minimum absolute atomic E-state index is 0.220. The third-order valence-corrected chi connectivity index (χ3v) is 6.18. The zero-order valence-electron chi connectivity index (χ0n) is 16.8. The molecule has 2 N–H and O–H groups in total. The molecule has 0 unspecified atom stereocenters. The van der Waals surface area contributed by atoms with Crippen molar-refractivity contribution in [2.45, 2.75) is 0 Å². The smallest absolute Gasteiger partial charge is 0.176 e. The van der Waals surface area contributed by atoms with E-state index < -0.39 is 0 Å². The van der Waals surface area contributed by atoms with E-state index in [0.717, 1.165) is 55.1 Å². The summed E-state index contributed by atoms with van der Waals surface area (Å²) in [6, 6.07) is 12.9. The summed E-state index contributed by atoms with van der Waals surface area (Å²) in [5, 5.41) is 8.21. The van der Waals surface area contributed by atoms with Crippen LogP contribution in [0.3, 0.4) is 0 Å². The van der Waals surface area contributed by atoms with Gasteiger partial charge in [0.25, 0.3) is 0 Å². The number of methoxy groups -OCH3 is 1. The zero-order chi connectivity index (χ0) is 21.7. The first-order valence-electron chi connectivity index (χ1n) is 9.78. The SMILES string of the molecule is COc1cncc(-c2ccc3[nH]nc(-c4cc5c(-c6ccc(F)s6)ccnc5[nH]4)c3n2)c1. The van der Waals surface area contributed by atoms with Crippen molar-refractivity contribution < 1.29 is 9.13 Å². The minimum atomic E-state index is -0.220. The van der Waals surface area contributed by atoms with Crippen molar-refractivity contribution in [3.63, 3.8) is 0 Å². The van der Waals surface area contributed by atoms with Crippen molar-refractivity contribution >= 4 is 33.4 Å². The molecule has 9 heteroatoms. The van der Waals surface area contributed by atoms with Gasteiger partial charge in [0, 0.05) is 33.8 Å². The van der Waals surface area contributed by atoms with Crippen molar-refractivity contribution in [1.29, 1.82) is 0 Å². The Labute approximate surface area is 185 Å². The van der Waals surface area contributed by atoms with Gasteiger partial charge < -0.3 is 9.72 Å². The van der Waals surface area contributed by atoms with Gasteiger partial charge in [0.05, 0.1) is 30.2 Å². The Morgan fingerprint density at radius 1 is 1.06 bits per heavy atom. The van der Waals surface area contributed by atoms with Crippen LogP contribution in [0.1, 0.15) is 0 Å². The van der Waals surface area contributed by atoms with Gasteiger partial charge >= 0.3 is 0 Å². The molecule has 0 fully saturated rings. The Morgan fingerprint density at radius 3 is 2.84 bits per heavy atom. The number of halogens is 1. The number of hydrogen-bond donors (Lipinski definition) is 2. The number of pyridine rings is 3. The van der Waals surface area contributed by atoms with Gasteiger partial charge in [-0.3, -0.25) is 10.1 Å². The van der Waals surface area contributed by atoms with Crippen LogP contribution in [-0.2, 0) is 0 Å². The summed E-state index contributed by atoms with van der Waals surface area (Å²) in [4.78, 5) is 17.7. The molecule has 0 saturated carbocycles. The second kappa shape index (κ2) is 7.24. The van der Waals surface area contributed by atoms with E-state index >= 15 is 0 Å². The fourth-order valence-corrected chi connectivity index (χ4v) is 4.52. The van der Waals surface area contributed by atoms with Crippen LogP contribution < -0.4 is 4.74 Å². The molecule has 0 spiro atoms. The van der Waals surface area contributed by atoms with Gasteiger partial charge in [0.15, 0.2) is 5.13 Å². The van der Waals surface area contributed by atoms with Gasteiger partial charge in [-0.1, -0.05) is 0 Å². The van der Waals surface area contributed by atoms with Gasteiger partial charge in [0.1, 0.15) is 22.6 Å². The summed E-state index contributed by atoms with van der Waals surface area (Å²) in [6.07, 6.45) is 5.11. The van der Waals surface area contributed by atoms with E-state index in [1.807, 2.05) is 30.3 Å². The standard InChI is InChI=1S/C23H15FN6OS/c1-31-13-8-12(10-25-11-13)16-2-3-17-21(27-16)22(30-29-17)18-9-15-14(6-7-26-23(15)28-18)19-4-5-20(24)32-19/h2-11H,1H3,(H,26,28)(H,29,30). The number of aromatic amines is 2. The zero-order valence-corrected chi connectivity index (χ0v) is 17.6. The first-order valence-corrected chi connectivity index (χ1v) is 10.6. The van der Waals surface area contributed by atoms with Gasteiger partial charge in [0.2, 0.25) is 0 Å². The fourth-order valence-electron chi connectivity index (χ4n) is 3.75. The Bertz CT molecular complexity index is 1600. The van der Waals surface area contributed by atoms with E-state index in [9.17, 15) is 4.39 Å². The largest absolute Gasteiger partial charge is 0.495 e. The molecule has 32 heavy (non-hydrogen) atoms. The normalized spacial score (nSPS) is 11.4. The maximum Gasteiger partial charge on any atom is 0.176 e. The molecular weight excluding hydrogens is 427 g/mol. The number of nitrogens with zero attached hydrogens (tertiary/aromatic N) is 4. The van der Waals surface area contributed by atoms with E-state index in [-0.39, 0.29) is 5.13 Å². The Balaban J connectivity index is 1.49. The number of ether oxygens (including phenoxy) is 1. The molecule has 0 aliphatic heterocycles. The van der Waals surface area contributed by atoms with Crippen LogP contribution in [0.2, 0.25) is 0 Å². The molecule has 6 aromatic rings. The maximum absolute atomic E-state index is 13.6. The topological polar surface area (TPSA) is 92.4 Å². The van der Waals surface area contributed by atoms with Gasteiger partial charge in [-0.05, 0) is 42.5 Å². The Kier molecular flexibility index (Phi) is 4.22. The first kappa shape index (κ1) is 18.6. The second-order valence-electron chi connectivity index (χ2n) is 7.19. The molecular formula is C23H15FN6OS. The maximum atomic E-state index is 13.6. The van der Waals surface area contributed by atoms with Crippen molar-refractivity contribution in [2.75, 3.05) is 7.11 Å². The van der Waals surface area contributed by atoms with Crippen LogP contribution in [0.5, 0.6) is 5.75 Å². The lowest BCUT2D eigenvalue weighted by molar-refractivity contribution is 0.413. The molecule has 6 heterocycles. The Hall–Kier alpha value is -4.11. The lowest BCUT2D eigenvalue weighted by Crippen LogP contribution is -1.89. The number of rotatable bonds is 4. The molecule has 0 radical (unpaired) electrons. The highest BCUT2D eigenvalue weighted by molar-refractivity contribution is 7.14. The predicted octanol–water partition coefficient (Wildman–Crippen LogP) is 5.44. The van der Waals surface area contributed by atoms with Crippen LogP contribution in [0.15, 0.2) is 61.1 Å². The van der Waals surface area contributed by atoms with Crippen molar-refractivity contribution in [3.8, 4) is 38.8 Å². The third-order valence-electron chi connectivity index (χ3n) is 5.28. The average molecular weight is 442 g/mol. The number of thiophene rings is 1. The average Bonchev–Trinajstić information content (AvgIpc) is 3.55. The van der Waals surface area contributed by atoms with Crippen LogP contribution in [0.25, 0.3) is 55.2 Å². The van der Waals surface area contributed by atoms with Crippen LogP contribution in [0.4, 0.5) is 4.39 Å². The van der Waals surface area contributed by atoms with Gasteiger partial charge in [-0.2, -0.15) is 9.49 Å². The van der Waals surface area contributed by atoms with Crippen molar-refractivity contribution in [1.82, 2.24) is 30.1 Å². The molecule has 6 rings (SSSR count). The van der Waals surface area contributed by atoms with E-state index in [2.05, 4.69) is 25.1 Å².